The van der Waals surface area contributed by atoms with Gasteiger partial charge in [0.25, 0.3) is 0 Å². The van der Waals surface area contributed by atoms with Crippen molar-refractivity contribution in [3.63, 3.8) is 0 Å². The molecule has 1 aromatic rings. The molecule has 1 fully saturated rings. The first-order chi connectivity index (χ1) is 13.6. The normalized spacial score (nSPS) is 16.2. The summed E-state index contributed by atoms with van der Waals surface area (Å²) in [7, 11) is -3.14. The molecule has 28 heavy (non-hydrogen) atoms. The van der Waals surface area contributed by atoms with Gasteiger partial charge in [-0.25, -0.2) is 13.1 Å². The van der Waals surface area contributed by atoms with Crippen LogP contribution in [0.2, 0.25) is 0 Å². The predicted octanol–water partition coefficient (Wildman–Crippen LogP) is 3.26. The summed E-state index contributed by atoms with van der Waals surface area (Å²) in [6, 6.07) is 3.65. The Morgan fingerprint density at radius 1 is 1.11 bits per heavy atom. The lowest BCUT2D eigenvalue weighted by atomic mass is 9.87. The summed E-state index contributed by atoms with van der Waals surface area (Å²) in [6.45, 7) is 1.22. The summed E-state index contributed by atoms with van der Waals surface area (Å²) in [5, 5.41) is 3.01. The summed E-state index contributed by atoms with van der Waals surface area (Å²) in [5.74, 6) is 1.31. The number of pyridine rings is 1. The van der Waals surface area contributed by atoms with Gasteiger partial charge in [0, 0.05) is 31.2 Å². The summed E-state index contributed by atoms with van der Waals surface area (Å²) in [5.41, 5.74) is 6.69. The molecular weight excluding hydrogens is 374 g/mol. The molecule has 8 heteroatoms. The van der Waals surface area contributed by atoms with Crippen LogP contribution in [0.1, 0.15) is 64.2 Å². The van der Waals surface area contributed by atoms with Gasteiger partial charge < -0.3 is 11.1 Å². The molecule has 158 valence electrons. The first kappa shape index (κ1) is 22.6. The van der Waals surface area contributed by atoms with Gasteiger partial charge in [-0.05, 0) is 37.3 Å². The number of hydrogen-bond acceptors (Lipinski definition) is 4. The van der Waals surface area contributed by atoms with Gasteiger partial charge in [-0.3, -0.25) is 9.98 Å². The van der Waals surface area contributed by atoms with Crippen LogP contribution in [0.3, 0.4) is 0 Å². The van der Waals surface area contributed by atoms with E-state index in [9.17, 15) is 8.42 Å². The average Bonchev–Trinajstić information content (AvgIpc) is 2.68. The molecule has 0 atom stereocenters. The summed E-state index contributed by atoms with van der Waals surface area (Å²) in [4.78, 5) is 8.23. The van der Waals surface area contributed by atoms with Gasteiger partial charge in [0.2, 0.25) is 10.0 Å². The highest BCUT2D eigenvalue weighted by Gasteiger charge is 2.15. The van der Waals surface area contributed by atoms with Gasteiger partial charge in [0.05, 0.1) is 5.75 Å². The Bertz CT molecular complexity index is 673. The molecule has 1 saturated carbocycles. The number of unbranched alkanes of at least 4 members (excludes halogenated alkanes) is 3. The predicted molar refractivity (Wildman–Crippen MR) is 116 cm³/mol. The lowest BCUT2D eigenvalue weighted by Gasteiger charge is -2.21. The van der Waals surface area contributed by atoms with E-state index in [1.54, 1.807) is 12.4 Å². The van der Waals surface area contributed by atoms with Crippen molar-refractivity contribution in [2.75, 3.05) is 24.2 Å². The highest BCUT2D eigenvalue weighted by atomic mass is 32.2. The molecule has 1 aliphatic carbocycles. The van der Waals surface area contributed by atoms with Crippen molar-refractivity contribution in [1.29, 1.82) is 0 Å². The number of nitrogens with zero attached hydrogens (tertiary/aromatic N) is 2. The zero-order chi connectivity index (χ0) is 20.1. The number of nitrogens with two attached hydrogens (primary N) is 1. The number of aromatic nitrogens is 1. The largest absolute Gasteiger partial charge is 0.370 e. The number of hydrogen-bond donors (Lipinski definition) is 3. The quantitative estimate of drug-likeness (QED) is 0.279. The van der Waals surface area contributed by atoms with E-state index in [1.807, 2.05) is 12.1 Å². The molecule has 0 spiro atoms. The molecule has 2 rings (SSSR count). The maximum absolute atomic E-state index is 12.1. The number of sulfonamides is 1. The van der Waals surface area contributed by atoms with Gasteiger partial charge >= 0.3 is 0 Å². The second kappa shape index (κ2) is 12.7. The van der Waals surface area contributed by atoms with Crippen LogP contribution in [0, 0.1) is 5.92 Å². The molecular formula is C20H35N5O2S. The van der Waals surface area contributed by atoms with E-state index in [-0.39, 0.29) is 5.75 Å². The van der Waals surface area contributed by atoms with E-state index < -0.39 is 10.0 Å². The van der Waals surface area contributed by atoms with Gasteiger partial charge in [0.1, 0.15) is 0 Å². The van der Waals surface area contributed by atoms with Crippen molar-refractivity contribution in [1.82, 2.24) is 9.71 Å². The van der Waals surface area contributed by atoms with Gasteiger partial charge in [0.15, 0.2) is 5.96 Å². The van der Waals surface area contributed by atoms with E-state index >= 15 is 0 Å². The lowest BCUT2D eigenvalue weighted by Crippen LogP contribution is -2.28. The Balaban J connectivity index is 1.49. The Hall–Kier alpha value is -1.67. The van der Waals surface area contributed by atoms with Crippen LogP contribution in [0.5, 0.6) is 0 Å². The molecule has 0 bridgehead atoms. The molecule has 4 N–H and O–H groups in total. The van der Waals surface area contributed by atoms with Crippen LogP contribution in [0.15, 0.2) is 29.5 Å². The third kappa shape index (κ3) is 10.0. The fourth-order valence-corrected chi connectivity index (χ4v) is 4.70. The summed E-state index contributed by atoms with van der Waals surface area (Å²) >= 11 is 0. The van der Waals surface area contributed by atoms with E-state index in [1.165, 1.54) is 32.1 Å². The fourth-order valence-electron chi connectivity index (χ4n) is 3.55. The Labute approximate surface area is 169 Å². The smallest absolute Gasteiger partial charge is 0.211 e. The van der Waals surface area contributed by atoms with Crippen molar-refractivity contribution in [3.05, 3.63) is 24.5 Å². The number of aliphatic imine (C=N–C) groups is 1. The summed E-state index contributed by atoms with van der Waals surface area (Å²) in [6.07, 6.45) is 14.2. The third-order valence-corrected chi connectivity index (χ3v) is 6.63. The number of guanidine groups is 1. The Morgan fingerprint density at radius 2 is 1.82 bits per heavy atom. The van der Waals surface area contributed by atoms with Crippen molar-refractivity contribution in [2.45, 2.75) is 64.2 Å². The van der Waals surface area contributed by atoms with E-state index in [0.717, 1.165) is 31.4 Å². The van der Waals surface area contributed by atoms with E-state index in [2.05, 4.69) is 20.0 Å². The van der Waals surface area contributed by atoms with Crippen LogP contribution in [0.25, 0.3) is 0 Å². The molecule has 1 aromatic heterocycles. The van der Waals surface area contributed by atoms with Crippen LogP contribution in [-0.4, -0.2) is 38.2 Å². The zero-order valence-electron chi connectivity index (χ0n) is 16.8. The van der Waals surface area contributed by atoms with E-state index in [4.69, 9.17) is 5.73 Å². The van der Waals surface area contributed by atoms with Gasteiger partial charge in [-0.15, -0.1) is 0 Å². The van der Waals surface area contributed by atoms with E-state index in [0.29, 0.717) is 31.4 Å². The highest BCUT2D eigenvalue weighted by molar-refractivity contribution is 7.89. The van der Waals surface area contributed by atoms with Crippen molar-refractivity contribution >= 4 is 21.7 Å². The molecule has 1 aliphatic rings. The van der Waals surface area contributed by atoms with Crippen LogP contribution in [-0.2, 0) is 10.0 Å². The third-order valence-electron chi connectivity index (χ3n) is 5.16. The first-order valence-corrected chi connectivity index (χ1v) is 12.1. The maximum atomic E-state index is 12.1. The zero-order valence-corrected chi connectivity index (χ0v) is 17.6. The topological polar surface area (TPSA) is 109 Å². The molecule has 0 aliphatic heterocycles. The number of nitrogens with one attached hydrogen (secondary N) is 2. The van der Waals surface area contributed by atoms with Crippen molar-refractivity contribution in [3.8, 4) is 0 Å². The fraction of sp³-hybridized carbons (Fsp3) is 0.700. The molecule has 0 amide bonds. The number of anilines is 1. The minimum Gasteiger partial charge on any atom is -0.370 e. The molecule has 0 unspecified atom stereocenters. The minimum absolute atomic E-state index is 0.215. The van der Waals surface area contributed by atoms with Crippen LogP contribution < -0.4 is 15.8 Å². The Kier molecular flexibility index (Phi) is 10.3. The second-order valence-corrected chi connectivity index (χ2v) is 9.47. The molecule has 0 radical (unpaired) electrons. The van der Waals surface area contributed by atoms with Crippen molar-refractivity contribution < 1.29 is 8.42 Å². The molecule has 1 heterocycles. The average molecular weight is 410 g/mol. The molecule has 0 aromatic carbocycles. The second-order valence-electron chi connectivity index (χ2n) is 7.55. The summed E-state index contributed by atoms with van der Waals surface area (Å²) < 4.78 is 26.9. The SMILES string of the molecule is NC(=NCCCCCCS(=O)(=O)NCCC1CCCCC1)Nc1ccncc1. The molecule has 7 nitrogen and oxygen atoms in total. The maximum Gasteiger partial charge on any atom is 0.211 e. The van der Waals surface area contributed by atoms with Crippen molar-refractivity contribution in [2.24, 2.45) is 16.6 Å². The Morgan fingerprint density at radius 3 is 2.57 bits per heavy atom. The molecule has 0 saturated heterocycles. The van der Waals surface area contributed by atoms with Crippen LogP contribution >= 0.6 is 0 Å². The van der Waals surface area contributed by atoms with Crippen LogP contribution in [0.4, 0.5) is 5.69 Å². The highest BCUT2D eigenvalue weighted by Crippen LogP contribution is 2.25. The lowest BCUT2D eigenvalue weighted by molar-refractivity contribution is 0.339. The number of rotatable bonds is 12. The van der Waals surface area contributed by atoms with Gasteiger partial charge in [-0.1, -0.05) is 44.9 Å². The van der Waals surface area contributed by atoms with Gasteiger partial charge in [-0.2, -0.15) is 0 Å². The monoisotopic (exact) mass is 409 g/mol. The minimum atomic E-state index is -3.14. The standard InChI is InChI=1S/C20H35N5O2S/c21-20(25-19-11-14-22-15-12-19)23-13-6-1-2-7-17-28(26,27)24-16-10-18-8-4-3-5-9-18/h11-12,14-15,18,24H,1-10,13,16-17H2,(H3,21,22,23,25). The first-order valence-electron chi connectivity index (χ1n) is 10.5.